The number of para-hydroxylation sites is 1. The molecular formula is C15H17NO6. The van der Waals surface area contributed by atoms with Gasteiger partial charge in [-0.2, -0.15) is 0 Å². The van der Waals surface area contributed by atoms with Crippen molar-refractivity contribution in [2.45, 2.75) is 50.1 Å². The lowest BCUT2D eigenvalue weighted by Gasteiger charge is -2.31. The molecule has 1 heterocycles. The average Bonchev–Trinajstić information content (AvgIpc) is 2.87. The average molecular weight is 307 g/mol. The third-order valence-electron chi connectivity index (χ3n) is 4.26. The molecule has 1 aliphatic carbocycles. The molecule has 2 aliphatic rings. The van der Waals surface area contributed by atoms with E-state index < -0.39 is 28.9 Å². The van der Waals surface area contributed by atoms with Gasteiger partial charge < -0.3 is 14.6 Å². The molecule has 1 spiro atoms. The molecule has 2 atom stereocenters. The van der Waals surface area contributed by atoms with Gasteiger partial charge in [0.2, 0.25) is 0 Å². The van der Waals surface area contributed by atoms with E-state index in [0.29, 0.717) is 12.8 Å². The van der Waals surface area contributed by atoms with Gasteiger partial charge in [-0.3, -0.25) is 10.1 Å². The first-order valence-corrected chi connectivity index (χ1v) is 7.34. The van der Waals surface area contributed by atoms with Crippen molar-refractivity contribution in [3.8, 4) is 0 Å². The zero-order chi connectivity index (χ0) is 15.7. The van der Waals surface area contributed by atoms with E-state index >= 15 is 0 Å². The third-order valence-corrected chi connectivity index (χ3v) is 4.26. The summed E-state index contributed by atoms with van der Waals surface area (Å²) in [6, 6.07) is 6.06. The summed E-state index contributed by atoms with van der Waals surface area (Å²) in [7, 11) is 0. The number of nitro benzene ring substituents is 1. The van der Waals surface area contributed by atoms with Gasteiger partial charge in [0.15, 0.2) is 11.9 Å². The maximum atomic E-state index is 11.5. The molecule has 2 unspecified atom stereocenters. The van der Waals surface area contributed by atoms with Crippen molar-refractivity contribution in [2.75, 3.05) is 0 Å². The number of ether oxygens (including phenoxy) is 2. The Morgan fingerprint density at radius 3 is 2.55 bits per heavy atom. The van der Waals surface area contributed by atoms with Crippen LogP contribution in [0.5, 0.6) is 0 Å². The van der Waals surface area contributed by atoms with Gasteiger partial charge in [0.25, 0.3) is 5.69 Å². The summed E-state index contributed by atoms with van der Waals surface area (Å²) in [5, 5.41) is 20.6. The first-order valence-electron chi connectivity index (χ1n) is 7.34. The lowest BCUT2D eigenvalue weighted by atomic mass is 9.94. The summed E-state index contributed by atoms with van der Waals surface area (Å²) >= 11 is 0. The summed E-state index contributed by atoms with van der Waals surface area (Å²) in [6.07, 6.45) is 1.91. The van der Waals surface area contributed by atoms with Crippen molar-refractivity contribution in [1.29, 1.82) is 0 Å². The Hall–Kier alpha value is -1.99. The Morgan fingerprint density at radius 1 is 1.23 bits per heavy atom. The minimum atomic E-state index is -1.22. The van der Waals surface area contributed by atoms with Crippen LogP contribution in [0.2, 0.25) is 0 Å². The number of hydrogen-bond acceptors (Lipinski definition) is 5. The number of nitro groups is 1. The molecule has 1 saturated carbocycles. The second kappa shape index (κ2) is 5.66. The molecule has 3 rings (SSSR count). The largest absolute Gasteiger partial charge is 0.479 e. The molecule has 0 bridgehead atoms. The Morgan fingerprint density at radius 2 is 1.91 bits per heavy atom. The van der Waals surface area contributed by atoms with Crippen LogP contribution in [-0.4, -0.2) is 27.9 Å². The lowest BCUT2D eigenvalue weighted by molar-refractivity contribution is -0.386. The molecule has 0 radical (unpaired) electrons. The fourth-order valence-electron chi connectivity index (χ4n) is 3.24. The minimum Gasteiger partial charge on any atom is -0.479 e. The molecule has 2 fully saturated rings. The van der Waals surface area contributed by atoms with Crippen molar-refractivity contribution < 1.29 is 24.3 Å². The van der Waals surface area contributed by atoms with Crippen LogP contribution in [-0.2, 0) is 14.3 Å². The Labute approximate surface area is 127 Å². The Balaban J connectivity index is 1.97. The van der Waals surface area contributed by atoms with Gasteiger partial charge >= 0.3 is 5.97 Å². The molecule has 0 aromatic heterocycles. The highest BCUT2D eigenvalue weighted by atomic mass is 16.8. The first kappa shape index (κ1) is 14.9. The van der Waals surface area contributed by atoms with Gasteiger partial charge in [-0.25, -0.2) is 4.79 Å². The topological polar surface area (TPSA) is 98.9 Å². The molecule has 22 heavy (non-hydrogen) atoms. The molecule has 1 aromatic rings. The van der Waals surface area contributed by atoms with E-state index in [9.17, 15) is 20.0 Å². The van der Waals surface area contributed by atoms with Crippen molar-refractivity contribution in [2.24, 2.45) is 0 Å². The summed E-state index contributed by atoms with van der Waals surface area (Å²) in [6.45, 7) is 0. The number of rotatable bonds is 3. The zero-order valence-electron chi connectivity index (χ0n) is 11.9. The van der Waals surface area contributed by atoms with Crippen LogP contribution in [0.1, 0.15) is 43.8 Å². The SMILES string of the molecule is O=C(O)C1OC2(CCCCC2)OC1c1ccccc1[N+](=O)[O-]. The highest BCUT2D eigenvalue weighted by Gasteiger charge is 2.52. The second-order valence-corrected chi connectivity index (χ2v) is 5.70. The molecule has 0 amide bonds. The van der Waals surface area contributed by atoms with E-state index in [0.717, 1.165) is 19.3 Å². The van der Waals surface area contributed by atoms with Gasteiger partial charge in [-0.05, 0) is 18.9 Å². The Kier molecular flexibility index (Phi) is 3.84. The summed E-state index contributed by atoms with van der Waals surface area (Å²) in [5.74, 6) is -2.08. The predicted octanol–water partition coefficient (Wildman–Crippen LogP) is 2.80. The highest BCUT2D eigenvalue weighted by Crippen LogP contribution is 2.47. The fraction of sp³-hybridized carbons (Fsp3) is 0.533. The normalized spacial score (nSPS) is 26.9. The van der Waals surface area contributed by atoms with Crippen LogP contribution in [0.15, 0.2) is 24.3 Å². The predicted molar refractivity (Wildman–Crippen MR) is 75.2 cm³/mol. The number of hydrogen-bond donors (Lipinski definition) is 1. The maximum Gasteiger partial charge on any atom is 0.336 e. The van der Waals surface area contributed by atoms with Gasteiger partial charge in [0.05, 0.1) is 10.5 Å². The number of carboxylic acid groups (broad SMARTS) is 1. The molecule has 1 aromatic carbocycles. The van der Waals surface area contributed by atoms with Gasteiger partial charge in [0, 0.05) is 18.9 Å². The highest BCUT2D eigenvalue weighted by molar-refractivity contribution is 5.74. The molecule has 1 N–H and O–H groups in total. The standard InChI is InChI=1S/C15H17NO6/c17-14(18)13-12(10-6-2-3-7-11(10)16(19)20)21-15(22-13)8-4-1-5-9-15/h2-3,6-7,12-13H,1,4-5,8-9H2,(H,17,18). The monoisotopic (exact) mass is 307 g/mol. The zero-order valence-corrected chi connectivity index (χ0v) is 11.9. The van der Waals surface area contributed by atoms with Gasteiger partial charge in [-0.15, -0.1) is 0 Å². The number of carboxylic acids is 1. The van der Waals surface area contributed by atoms with E-state index in [2.05, 4.69) is 0 Å². The maximum absolute atomic E-state index is 11.5. The molecule has 118 valence electrons. The van der Waals surface area contributed by atoms with E-state index in [1.165, 1.54) is 12.1 Å². The van der Waals surface area contributed by atoms with Crippen LogP contribution in [0, 0.1) is 10.1 Å². The summed E-state index contributed by atoms with van der Waals surface area (Å²) < 4.78 is 11.6. The minimum absolute atomic E-state index is 0.143. The number of carbonyl (C=O) groups is 1. The van der Waals surface area contributed by atoms with E-state index in [1.807, 2.05) is 0 Å². The van der Waals surface area contributed by atoms with Crippen LogP contribution < -0.4 is 0 Å². The molecule has 1 aliphatic heterocycles. The lowest BCUT2D eigenvalue weighted by Crippen LogP contribution is -2.34. The van der Waals surface area contributed by atoms with Gasteiger partial charge in [-0.1, -0.05) is 18.6 Å². The third kappa shape index (κ3) is 2.57. The van der Waals surface area contributed by atoms with Gasteiger partial charge in [0.1, 0.15) is 6.10 Å². The van der Waals surface area contributed by atoms with E-state index in [1.54, 1.807) is 12.1 Å². The van der Waals surface area contributed by atoms with Crippen LogP contribution >= 0.6 is 0 Å². The number of benzene rings is 1. The quantitative estimate of drug-likeness (QED) is 0.681. The number of nitrogens with zero attached hydrogens (tertiary/aromatic N) is 1. The van der Waals surface area contributed by atoms with Crippen LogP contribution in [0.4, 0.5) is 5.69 Å². The smallest absolute Gasteiger partial charge is 0.336 e. The molecule has 7 nitrogen and oxygen atoms in total. The molecular weight excluding hydrogens is 290 g/mol. The second-order valence-electron chi connectivity index (χ2n) is 5.70. The molecule has 1 saturated heterocycles. The first-order chi connectivity index (χ1) is 10.5. The molecule has 7 heteroatoms. The van der Waals surface area contributed by atoms with Crippen molar-refractivity contribution in [3.63, 3.8) is 0 Å². The Bertz CT molecular complexity index is 595. The van der Waals surface area contributed by atoms with Crippen molar-refractivity contribution in [1.82, 2.24) is 0 Å². The summed E-state index contributed by atoms with van der Waals surface area (Å²) in [4.78, 5) is 22.2. The summed E-state index contributed by atoms with van der Waals surface area (Å²) in [5.41, 5.74) is 0.109. The van der Waals surface area contributed by atoms with E-state index in [4.69, 9.17) is 9.47 Å². The fourth-order valence-corrected chi connectivity index (χ4v) is 3.24. The van der Waals surface area contributed by atoms with Crippen molar-refractivity contribution in [3.05, 3.63) is 39.9 Å². The van der Waals surface area contributed by atoms with E-state index in [-0.39, 0.29) is 11.3 Å². The number of aliphatic carboxylic acids is 1. The van der Waals surface area contributed by atoms with Crippen LogP contribution in [0.25, 0.3) is 0 Å². The van der Waals surface area contributed by atoms with Crippen LogP contribution in [0.3, 0.4) is 0 Å². The van der Waals surface area contributed by atoms with Crippen molar-refractivity contribution >= 4 is 11.7 Å².